The molecular formula is C14H19N3O3. The van der Waals surface area contributed by atoms with Gasteiger partial charge in [-0.1, -0.05) is 0 Å². The van der Waals surface area contributed by atoms with Gasteiger partial charge in [0.2, 0.25) is 5.91 Å². The smallest absolute Gasteiger partial charge is 0.254 e. The Morgan fingerprint density at radius 3 is 2.45 bits per heavy atom. The van der Waals surface area contributed by atoms with Gasteiger partial charge in [-0.3, -0.25) is 9.59 Å². The number of carbonyl (C=O) groups excluding carboxylic acids is 2. The third kappa shape index (κ3) is 3.48. The molecule has 0 aliphatic carbocycles. The van der Waals surface area contributed by atoms with Crippen molar-refractivity contribution in [3.63, 3.8) is 0 Å². The zero-order chi connectivity index (χ0) is 14.5. The summed E-state index contributed by atoms with van der Waals surface area (Å²) in [6.45, 7) is 3.02. The van der Waals surface area contributed by atoms with E-state index >= 15 is 0 Å². The molecule has 1 aliphatic rings. The summed E-state index contributed by atoms with van der Waals surface area (Å²) in [5.74, 6) is -0.157. The van der Waals surface area contributed by atoms with E-state index in [-0.39, 0.29) is 24.1 Å². The molecule has 2 N–H and O–H groups in total. The third-order valence-corrected chi connectivity index (χ3v) is 3.30. The minimum atomic E-state index is -0.228. The summed E-state index contributed by atoms with van der Waals surface area (Å²) in [6, 6.07) is 6.01. The molecule has 1 fully saturated rings. The van der Waals surface area contributed by atoms with Crippen LogP contribution in [0.2, 0.25) is 0 Å². The minimum absolute atomic E-state index is 0.0406. The summed E-state index contributed by atoms with van der Waals surface area (Å²) in [7, 11) is 1.61. The number of nitrogens with zero attached hydrogens (tertiary/aromatic N) is 2. The second kappa shape index (κ2) is 6.38. The van der Waals surface area contributed by atoms with E-state index in [0.717, 1.165) is 13.1 Å². The van der Waals surface area contributed by atoms with E-state index in [1.807, 2.05) is 0 Å². The number of phenols is 1. The molecule has 1 saturated heterocycles. The van der Waals surface area contributed by atoms with Gasteiger partial charge in [0, 0.05) is 38.8 Å². The Hall–Kier alpha value is -2.08. The van der Waals surface area contributed by atoms with Crippen molar-refractivity contribution >= 4 is 11.8 Å². The second-order valence-electron chi connectivity index (χ2n) is 4.84. The van der Waals surface area contributed by atoms with E-state index in [9.17, 15) is 14.7 Å². The molecule has 20 heavy (non-hydrogen) atoms. The average Bonchev–Trinajstić information content (AvgIpc) is 2.48. The fraction of sp³-hybridized carbons (Fsp3) is 0.429. The number of benzene rings is 1. The predicted octanol–water partition coefficient (Wildman–Crippen LogP) is -0.104. The van der Waals surface area contributed by atoms with E-state index < -0.39 is 0 Å². The molecule has 0 spiro atoms. The van der Waals surface area contributed by atoms with Crippen LogP contribution in [0.15, 0.2) is 24.3 Å². The fourth-order valence-electron chi connectivity index (χ4n) is 2.11. The fourth-order valence-corrected chi connectivity index (χ4v) is 2.11. The van der Waals surface area contributed by atoms with Gasteiger partial charge in [0.25, 0.3) is 5.91 Å². The molecule has 6 nitrogen and oxygen atoms in total. The number of hydrogen-bond donors (Lipinski definition) is 2. The summed E-state index contributed by atoms with van der Waals surface area (Å²) >= 11 is 0. The van der Waals surface area contributed by atoms with E-state index in [0.29, 0.717) is 18.7 Å². The largest absolute Gasteiger partial charge is 0.508 e. The molecule has 1 aromatic rings. The van der Waals surface area contributed by atoms with Gasteiger partial charge in [-0.2, -0.15) is 0 Å². The Bertz CT molecular complexity index is 481. The molecule has 0 aromatic heterocycles. The van der Waals surface area contributed by atoms with Gasteiger partial charge < -0.3 is 20.2 Å². The van der Waals surface area contributed by atoms with Crippen LogP contribution in [0.1, 0.15) is 10.4 Å². The number of carbonyl (C=O) groups is 2. The van der Waals surface area contributed by atoms with Crippen molar-refractivity contribution in [1.29, 1.82) is 0 Å². The Labute approximate surface area is 118 Å². The Morgan fingerprint density at radius 1 is 1.25 bits per heavy atom. The van der Waals surface area contributed by atoms with Crippen LogP contribution in [0.3, 0.4) is 0 Å². The molecule has 0 unspecified atom stereocenters. The van der Waals surface area contributed by atoms with Crippen molar-refractivity contribution in [2.45, 2.75) is 0 Å². The highest BCUT2D eigenvalue weighted by molar-refractivity contribution is 5.96. The highest BCUT2D eigenvalue weighted by atomic mass is 16.3. The van der Waals surface area contributed by atoms with Crippen molar-refractivity contribution in [3.8, 4) is 5.75 Å². The highest BCUT2D eigenvalue weighted by Crippen LogP contribution is 2.11. The maximum Gasteiger partial charge on any atom is 0.254 e. The summed E-state index contributed by atoms with van der Waals surface area (Å²) in [6.07, 6.45) is 0. The van der Waals surface area contributed by atoms with Crippen molar-refractivity contribution in [1.82, 2.24) is 15.1 Å². The van der Waals surface area contributed by atoms with Gasteiger partial charge in [-0.15, -0.1) is 0 Å². The molecule has 1 aliphatic heterocycles. The molecule has 0 atom stereocenters. The monoisotopic (exact) mass is 277 g/mol. The van der Waals surface area contributed by atoms with Crippen molar-refractivity contribution in [2.24, 2.45) is 0 Å². The van der Waals surface area contributed by atoms with Crippen LogP contribution in [0, 0.1) is 0 Å². The van der Waals surface area contributed by atoms with Crippen LogP contribution in [0.25, 0.3) is 0 Å². The highest BCUT2D eigenvalue weighted by Gasteiger charge is 2.20. The lowest BCUT2D eigenvalue weighted by Crippen LogP contribution is -2.49. The lowest BCUT2D eigenvalue weighted by molar-refractivity contribution is -0.132. The van der Waals surface area contributed by atoms with Gasteiger partial charge in [-0.25, -0.2) is 0 Å². The first-order valence-corrected chi connectivity index (χ1v) is 6.61. The SMILES string of the molecule is CN(CC(=O)N1CCNCC1)C(=O)c1ccc(O)cc1. The zero-order valence-electron chi connectivity index (χ0n) is 11.5. The third-order valence-electron chi connectivity index (χ3n) is 3.30. The molecule has 1 aromatic carbocycles. The average molecular weight is 277 g/mol. The number of amides is 2. The first kappa shape index (κ1) is 14.3. The van der Waals surface area contributed by atoms with Crippen molar-refractivity contribution in [3.05, 3.63) is 29.8 Å². The molecule has 0 radical (unpaired) electrons. The molecule has 0 saturated carbocycles. The van der Waals surface area contributed by atoms with Crippen LogP contribution in [-0.2, 0) is 4.79 Å². The van der Waals surface area contributed by atoms with Crippen LogP contribution < -0.4 is 5.32 Å². The van der Waals surface area contributed by atoms with E-state index in [2.05, 4.69) is 5.32 Å². The number of hydrogen-bond acceptors (Lipinski definition) is 4. The maximum absolute atomic E-state index is 12.1. The Balaban J connectivity index is 1.93. The van der Waals surface area contributed by atoms with Crippen LogP contribution >= 0.6 is 0 Å². The van der Waals surface area contributed by atoms with E-state index in [1.165, 1.54) is 17.0 Å². The molecule has 2 rings (SSSR count). The molecule has 108 valence electrons. The first-order valence-electron chi connectivity index (χ1n) is 6.61. The summed E-state index contributed by atoms with van der Waals surface area (Å²) in [4.78, 5) is 27.4. The van der Waals surface area contributed by atoms with Gasteiger partial charge in [0.05, 0.1) is 6.54 Å². The maximum atomic E-state index is 12.1. The number of nitrogens with one attached hydrogen (secondary N) is 1. The predicted molar refractivity (Wildman–Crippen MR) is 74.5 cm³/mol. The summed E-state index contributed by atoms with van der Waals surface area (Å²) in [5, 5.41) is 12.4. The Kier molecular flexibility index (Phi) is 4.57. The summed E-state index contributed by atoms with van der Waals surface area (Å²) in [5.41, 5.74) is 0.457. The topological polar surface area (TPSA) is 72.9 Å². The molecule has 6 heteroatoms. The standard InChI is InChI=1S/C14H19N3O3/c1-16(10-13(19)17-8-6-15-7-9-17)14(20)11-2-4-12(18)5-3-11/h2-5,15,18H,6-10H2,1H3. The van der Waals surface area contributed by atoms with E-state index in [1.54, 1.807) is 24.1 Å². The van der Waals surface area contributed by atoms with Crippen molar-refractivity contribution in [2.75, 3.05) is 39.8 Å². The second-order valence-corrected chi connectivity index (χ2v) is 4.84. The molecule has 1 heterocycles. The molecular weight excluding hydrogens is 258 g/mol. The number of phenolic OH excluding ortho intramolecular Hbond substituents is 1. The normalized spacial score (nSPS) is 14.9. The molecule has 2 amide bonds. The number of likely N-dealkylation sites (N-methyl/N-ethyl adjacent to an activating group) is 1. The molecule has 0 bridgehead atoms. The van der Waals surface area contributed by atoms with Gasteiger partial charge in [-0.05, 0) is 24.3 Å². The van der Waals surface area contributed by atoms with E-state index in [4.69, 9.17) is 0 Å². The Morgan fingerprint density at radius 2 is 1.85 bits per heavy atom. The number of rotatable bonds is 3. The minimum Gasteiger partial charge on any atom is -0.508 e. The van der Waals surface area contributed by atoms with Gasteiger partial charge in [0.1, 0.15) is 5.75 Å². The van der Waals surface area contributed by atoms with Gasteiger partial charge >= 0.3 is 0 Å². The zero-order valence-corrected chi connectivity index (χ0v) is 11.5. The van der Waals surface area contributed by atoms with Crippen molar-refractivity contribution < 1.29 is 14.7 Å². The van der Waals surface area contributed by atoms with Crippen LogP contribution in [0.4, 0.5) is 0 Å². The van der Waals surface area contributed by atoms with Crippen LogP contribution in [0.5, 0.6) is 5.75 Å². The lowest BCUT2D eigenvalue weighted by Gasteiger charge is -2.29. The van der Waals surface area contributed by atoms with Crippen LogP contribution in [-0.4, -0.2) is 66.5 Å². The quantitative estimate of drug-likeness (QED) is 0.809. The number of piperazine rings is 1. The summed E-state index contributed by atoms with van der Waals surface area (Å²) < 4.78 is 0. The van der Waals surface area contributed by atoms with Gasteiger partial charge in [0.15, 0.2) is 0 Å². The number of aromatic hydroxyl groups is 1. The lowest BCUT2D eigenvalue weighted by atomic mass is 10.2. The first-order chi connectivity index (χ1) is 9.58.